The number of carbonyl (C=O) groups is 2. The first-order chi connectivity index (χ1) is 14.8. The maximum absolute atomic E-state index is 14.5. The summed E-state index contributed by atoms with van der Waals surface area (Å²) < 4.78 is 19.8. The Morgan fingerprint density at radius 3 is 2.48 bits per heavy atom. The molecular formula is C25H31FN2O3. The third kappa shape index (κ3) is 4.39. The molecule has 0 unspecified atom stereocenters. The molecule has 1 aromatic heterocycles. The average Bonchev–Trinajstić information content (AvgIpc) is 3.39. The van der Waals surface area contributed by atoms with Crippen molar-refractivity contribution in [1.29, 1.82) is 0 Å². The van der Waals surface area contributed by atoms with Gasteiger partial charge in [-0.25, -0.2) is 4.39 Å². The predicted octanol–water partition coefficient (Wildman–Crippen LogP) is 4.45. The van der Waals surface area contributed by atoms with Crippen LogP contribution in [0.3, 0.4) is 0 Å². The van der Waals surface area contributed by atoms with Gasteiger partial charge < -0.3 is 14.2 Å². The Kier molecular flexibility index (Phi) is 5.91. The maximum atomic E-state index is 14.5. The van der Waals surface area contributed by atoms with Crippen molar-refractivity contribution in [3.63, 3.8) is 0 Å². The molecule has 2 fully saturated rings. The third-order valence-electron chi connectivity index (χ3n) is 7.18. The molecule has 5 nitrogen and oxygen atoms in total. The lowest BCUT2D eigenvalue weighted by atomic mass is 9.84. The van der Waals surface area contributed by atoms with E-state index in [1.54, 1.807) is 37.1 Å². The largest absolute Gasteiger partial charge is 0.469 e. The van der Waals surface area contributed by atoms with Gasteiger partial charge in [0, 0.05) is 31.6 Å². The molecule has 0 radical (unpaired) electrons. The molecule has 0 N–H and O–H groups in total. The molecule has 0 spiro atoms. The van der Waals surface area contributed by atoms with Gasteiger partial charge in [0.1, 0.15) is 11.6 Å². The number of aryl methyl sites for hydroxylation is 1. The fourth-order valence-corrected chi connectivity index (χ4v) is 4.73. The van der Waals surface area contributed by atoms with Crippen LogP contribution in [0.1, 0.15) is 54.3 Å². The maximum Gasteiger partial charge on any atom is 0.257 e. The van der Waals surface area contributed by atoms with Gasteiger partial charge in [0.15, 0.2) is 0 Å². The molecule has 2 aromatic rings. The summed E-state index contributed by atoms with van der Waals surface area (Å²) in [6, 6.07) is 8.29. The minimum atomic E-state index is -0.248. The second-order valence-corrected chi connectivity index (χ2v) is 9.36. The summed E-state index contributed by atoms with van der Waals surface area (Å²) in [5, 5.41) is 0. The van der Waals surface area contributed by atoms with Crippen molar-refractivity contribution >= 4 is 11.8 Å². The van der Waals surface area contributed by atoms with E-state index >= 15 is 0 Å². The van der Waals surface area contributed by atoms with Crippen molar-refractivity contribution in [2.75, 3.05) is 20.1 Å². The van der Waals surface area contributed by atoms with Crippen LogP contribution in [0.15, 0.2) is 41.0 Å². The SMILES string of the molecule is Cc1occc1C(=O)N(C)[C@H](Cc1ccccc1F)C1CCN(C(=O)C2(C)CC2)CC1. The molecule has 1 aliphatic heterocycles. The smallest absolute Gasteiger partial charge is 0.257 e. The summed E-state index contributed by atoms with van der Waals surface area (Å²) in [7, 11) is 1.79. The number of hydrogen-bond acceptors (Lipinski definition) is 3. The van der Waals surface area contributed by atoms with Crippen LogP contribution in [-0.4, -0.2) is 47.8 Å². The summed E-state index contributed by atoms with van der Waals surface area (Å²) in [6.45, 7) is 5.21. The van der Waals surface area contributed by atoms with E-state index in [4.69, 9.17) is 4.42 Å². The molecule has 1 atom stereocenters. The van der Waals surface area contributed by atoms with Crippen LogP contribution < -0.4 is 0 Å². The van der Waals surface area contributed by atoms with Gasteiger partial charge in [-0.2, -0.15) is 0 Å². The van der Waals surface area contributed by atoms with E-state index in [0.29, 0.717) is 36.4 Å². The molecule has 6 heteroatoms. The first-order valence-electron chi connectivity index (χ1n) is 11.1. The zero-order valence-electron chi connectivity index (χ0n) is 18.6. The second kappa shape index (κ2) is 8.48. The highest BCUT2D eigenvalue weighted by molar-refractivity contribution is 5.95. The Balaban J connectivity index is 1.52. The number of benzene rings is 1. The van der Waals surface area contributed by atoms with Gasteiger partial charge in [-0.05, 0) is 62.6 Å². The first kappa shape index (κ1) is 21.6. The van der Waals surface area contributed by atoms with E-state index in [9.17, 15) is 14.0 Å². The number of halogens is 1. The highest BCUT2D eigenvalue weighted by atomic mass is 19.1. The summed E-state index contributed by atoms with van der Waals surface area (Å²) in [4.78, 5) is 29.7. The van der Waals surface area contributed by atoms with Crippen molar-refractivity contribution < 1.29 is 18.4 Å². The van der Waals surface area contributed by atoms with E-state index in [-0.39, 0.29) is 35.0 Å². The van der Waals surface area contributed by atoms with E-state index < -0.39 is 0 Å². The predicted molar refractivity (Wildman–Crippen MR) is 116 cm³/mol. The number of carbonyl (C=O) groups excluding carboxylic acids is 2. The highest BCUT2D eigenvalue weighted by Gasteiger charge is 2.47. The molecule has 4 rings (SSSR count). The lowest BCUT2D eigenvalue weighted by molar-refractivity contribution is -0.138. The van der Waals surface area contributed by atoms with Crippen molar-refractivity contribution in [1.82, 2.24) is 9.80 Å². The first-order valence-corrected chi connectivity index (χ1v) is 11.1. The van der Waals surface area contributed by atoms with E-state index in [1.165, 1.54) is 12.3 Å². The second-order valence-electron chi connectivity index (χ2n) is 9.36. The average molecular weight is 427 g/mol. The van der Waals surface area contributed by atoms with Gasteiger partial charge in [-0.15, -0.1) is 0 Å². The zero-order chi connectivity index (χ0) is 22.2. The lowest BCUT2D eigenvalue weighted by Gasteiger charge is -2.40. The van der Waals surface area contributed by atoms with Crippen molar-refractivity contribution in [3.8, 4) is 0 Å². The summed E-state index contributed by atoms with van der Waals surface area (Å²) in [5.74, 6) is 0.671. The van der Waals surface area contributed by atoms with Crippen LogP contribution in [0, 0.1) is 24.1 Å². The van der Waals surface area contributed by atoms with Gasteiger partial charge in [-0.1, -0.05) is 25.1 Å². The number of likely N-dealkylation sites (N-methyl/N-ethyl adjacent to an activating group) is 1. The van der Waals surface area contributed by atoms with Crippen LogP contribution >= 0.6 is 0 Å². The van der Waals surface area contributed by atoms with E-state index in [0.717, 1.165) is 25.7 Å². The Morgan fingerprint density at radius 2 is 1.90 bits per heavy atom. The zero-order valence-corrected chi connectivity index (χ0v) is 18.6. The normalized spacial score (nSPS) is 19.2. The molecule has 1 aliphatic carbocycles. The van der Waals surface area contributed by atoms with Gasteiger partial charge >= 0.3 is 0 Å². The van der Waals surface area contributed by atoms with Crippen molar-refractivity contribution in [2.24, 2.45) is 11.3 Å². The number of hydrogen-bond donors (Lipinski definition) is 0. The van der Waals surface area contributed by atoms with Crippen LogP contribution in [0.25, 0.3) is 0 Å². The topological polar surface area (TPSA) is 53.8 Å². The lowest BCUT2D eigenvalue weighted by Crippen LogP contribution is -2.49. The number of piperidine rings is 1. The number of rotatable bonds is 6. The summed E-state index contributed by atoms with van der Waals surface area (Å²) in [6.07, 6.45) is 5.53. The molecule has 31 heavy (non-hydrogen) atoms. The standard InChI is InChI=1S/C25H31FN2O3/c1-17-20(10-15-31-17)23(29)27(3)22(16-19-6-4-5-7-21(19)26)18-8-13-28(14-9-18)24(30)25(2)11-12-25/h4-7,10,15,18,22H,8-9,11-14,16H2,1-3H3/t22-/m1/s1. The molecule has 2 aliphatic rings. The summed E-state index contributed by atoms with van der Waals surface area (Å²) in [5.41, 5.74) is 0.987. The molecule has 2 heterocycles. The fraction of sp³-hybridized carbons (Fsp3) is 0.520. The number of amides is 2. The molecule has 0 bridgehead atoms. The number of furan rings is 1. The molecule has 2 amide bonds. The minimum absolute atomic E-state index is 0.114. The van der Waals surface area contributed by atoms with Crippen molar-refractivity contribution in [2.45, 2.75) is 52.0 Å². The quantitative estimate of drug-likeness (QED) is 0.686. The molecule has 1 saturated heterocycles. The van der Waals surface area contributed by atoms with Crippen molar-refractivity contribution in [3.05, 3.63) is 59.3 Å². The van der Waals surface area contributed by atoms with E-state index in [2.05, 4.69) is 0 Å². The third-order valence-corrected chi connectivity index (χ3v) is 7.18. The molecular weight excluding hydrogens is 395 g/mol. The van der Waals surface area contributed by atoms with Gasteiger partial charge in [0.05, 0.1) is 11.8 Å². The van der Waals surface area contributed by atoms with Gasteiger partial charge in [-0.3, -0.25) is 9.59 Å². The highest BCUT2D eigenvalue weighted by Crippen LogP contribution is 2.47. The van der Waals surface area contributed by atoms with Crippen LogP contribution in [0.4, 0.5) is 4.39 Å². The Labute approximate surface area is 183 Å². The molecule has 166 valence electrons. The monoisotopic (exact) mass is 426 g/mol. The van der Waals surface area contributed by atoms with Crippen LogP contribution in [0.5, 0.6) is 0 Å². The van der Waals surface area contributed by atoms with Gasteiger partial charge in [0.2, 0.25) is 5.91 Å². The molecule has 1 aromatic carbocycles. The Bertz CT molecular complexity index is 957. The van der Waals surface area contributed by atoms with Crippen LogP contribution in [0.2, 0.25) is 0 Å². The fourth-order valence-electron chi connectivity index (χ4n) is 4.73. The Morgan fingerprint density at radius 1 is 1.23 bits per heavy atom. The molecule has 1 saturated carbocycles. The summed E-state index contributed by atoms with van der Waals surface area (Å²) >= 11 is 0. The Hall–Kier alpha value is -2.63. The minimum Gasteiger partial charge on any atom is -0.469 e. The number of nitrogens with zero attached hydrogens (tertiary/aromatic N) is 2. The van der Waals surface area contributed by atoms with Gasteiger partial charge in [0.25, 0.3) is 5.91 Å². The van der Waals surface area contributed by atoms with Crippen LogP contribution in [-0.2, 0) is 11.2 Å². The van der Waals surface area contributed by atoms with E-state index in [1.807, 2.05) is 17.9 Å². The number of likely N-dealkylation sites (tertiary alicyclic amines) is 1.